The van der Waals surface area contributed by atoms with Gasteiger partial charge in [0.15, 0.2) is 5.11 Å². The number of aromatic hydroxyl groups is 1. The molecule has 1 fully saturated rings. The predicted molar refractivity (Wildman–Crippen MR) is 465 cm³/mol. The maximum absolute atomic E-state index is 13.0. The molecular weight excluding hydrogens is 1540 g/mol. The van der Waals surface area contributed by atoms with E-state index in [-0.39, 0.29) is 24.2 Å². The van der Waals surface area contributed by atoms with E-state index in [0.29, 0.717) is 35.0 Å². The molecule has 1 aliphatic carbocycles. The Labute approximate surface area is 687 Å². The zero-order chi connectivity index (χ0) is 78.9. The first-order valence-corrected chi connectivity index (χ1v) is 41.4. The predicted octanol–water partition coefficient (Wildman–Crippen LogP) is 21.7. The number of para-hydroxylation sites is 1. The molecule has 5 atom stereocenters. The number of halogens is 7. The fourth-order valence-corrected chi connectivity index (χ4v) is 18.8. The van der Waals surface area contributed by atoms with Crippen molar-refractivity contribution in [3.63, 3.8) is 0 Å². The maximum Gasteiger partial charge on any atom is 0.416 e. The van der Waals surface area contributed by atoms with Crippen LogP contribution in [0.2, 0.25) is 20.1 Å². The minimum atomic E-state index is -4.35. The molecule has 5 aliphatic heterocycles. The normalized spacial score (nSPS) is 18.5. The Bertz CT molecular complexity index is 5770. The van der Waals surface area contributed by atoms with Crippen molar-refractivity contribution < 1.29 is 23.0 Å². The number of thiocarbonyl (C=S) groups is 1. The minimum absolute atomic E-state index is 0.0793. The second-order valence-electron chi connectivity index (χ2n) is 30.6. The van der Waals surface area contributed by atoms with Gasteiger partial charge in [-0.15, -0.1) is 0 Å². The lowest BCUT2D eigenvalue weighted by atomic mass is 9.92. The number of fused-ring (bicyclic) bond motifs is 15. The molecular formula is C92H93Cl4F3N12O2S. The number of H-pyrrole nitrogens is 5. The van der Waals surface area contributed by atoms with Gasteiger partial charge in [-0.2, -0.15) is 13.2 Å². The molecule has 1 saturated carbocycles. The zero-order valence-electron chi connectivity index (χ0n) is 64.1. The number of aromatic nitrogens is 5. The van der Waals surface area contributed by atoms with Crippen molar-refractivity contribution in [3.8, 4) is 11.5 Å². The Morgan fingerprint density at radius 2 is 0.921 bits per heavy atom. The summed E-state index contributed by atoms with van der Waals surface area (Å²) in [6.07, 6.45) is 8.08. The van der Waals surface area contributed by atoms with Crippen LogP contribution in [0, 0.1) is 0 Å². The van der Waals surface area contributed by atoms with E-state index < -0.39 is 11.7 Å². The summed E-state index contributed by atoms with van der Waals surface area (Å²) in [4.78, 5) is 22.2. The van der Waals surface area contributed by atoms with Crippen molar-refractivity contribution in [1.82, 2.24) is 56.4 Å². The Hall–Kier alpha value is -9.44. The van der Waals surface area contributed by atoms with E-state index in [9.17, 15) is 18.3 Å². The van der Waals surface area contributed by atoms with Gasteiger partial charge in [0.1, 0.15) is 11.5 Å². The number of benzene rings is 9. The van der Waals surface area contributed by atoms with Gasteiger partial charge in [0.25, 0.3) is 0 Å². The van der Waals surface area contributed by atoms with Crippen molar-refractivity contribution >= 4 is 124 Å². The van der Waals surface area contributed by atoms with Crippen LogP contribution in [0.1, 0.15) is 160 Å². The summed E-state index contributed by atoms with van der Waals surface area (Å²) < 4.78 is 44.4. The van der Waals surface area contributed by atoms with Crippen molar-refractivity contribution in [3.05, 3.63) is 298 Å². The topological polar surface area (TPSA) is 175 Å². The molecule has 114 heavy (non-hydrogen) atoms. The van der Waals surface area contributed by atoms with Crippen LogP contribution in [-0.4, -0.2) is 100 Å². The SMILES string of the molecule is CCC1NCCc2c1[nH]c1ccc(Cl)cc21.CN(C)c1ccc(C2NCCc3c2[nH]c2ccc(Cl)cc32)cc1.COc1ccc(C2c3[nH]c4ccccc4c3CCN2C(=S)NC2CCCCC2)cc1.FC(F)(F)c1cccc(C2NCCc3c2[nH]c2ccc(Cl)cc32)c1.Oc1ccc(C2NCCc3c2[nH]c2ccc(Cl)cc32)cc1. The summed E-state index contributed by atoms with van der Waals surface area (Å²) in [6, 6.07) is 63.5. The lowest BCUT2D eigenvalue weighted by Crippen LogP contribution is -2.49. The number of alkyl halides is 3. The number of hydrogen-bond donors (Lipinski definition) is 11. The van der Waals surface area contributed by atoms with Crippen LogP contribution in [-0.2, 0) is 38.3 Å². The number of rotatable bonds is 8. The van der Waals surface area contributed by atoms with Crippen LogP contribution in [0.3, 0.4) is 0 Å². The molecule has 0 saturated heterocycles. The minimum Gasteiger partial charge on any atom is -0.508 e. The molecule has 0 bridgehead atoms. The van der Waals surface area contributed by atoms with Gasteiger partial charge in [0, 0.05) is 161 Å². The molecule has 20 rings (SSSR count). The average Bonchev–Trinajstić information content (AvgIpc) is 1.65. The Balaban J connectivity index is 0.000000109. The lowest BCUT2D eigenvalue weighted by Gasteiger charge is -2.39. The van der Waals surface area contributed by atoms with Gasteiger partial charge >= 0.3 is 6.18 Å². The standard InChI is InChI=1S/C25H29N3OS.C19H20ClN3.C18H14ClF3N2.C17H15ClN2O.C13H15ClN2/c1-29-19-13-11-17(12-14-19)24-23-21(20-9-5-6-10-22(20)27-23)15-16-28(24)25(30)26-18-7-3-2-4-8-18;1-23(2)14-6-3-12(4-7-14)18-19-15(9-10-21-18)16-11-13(20)5-8-17(16)22-19;19-12-4-5-15-14(9-12)13-6-7-23-16(17(13)24-15)10-2-1-3-11(8-10)18(20,21)22;18-11-3-6-15-14(9-11)13-7-8-19-16(17(13)20-15)10-1-4-12(21)5-2-10;1-2-11-13-9(5-6-15-11)10-7-8(14)3-4-12(10)16-13/h5-6,9-14,18,24,27H,2-4,7-8,15-16H2,1H3,(H,26,30);3-8,11,18,21-22H,9-10H2,1-2H3;1-5,8-9,16,23-24H,6-7H2;1-6,9,16,19-21H,7-8H2;3-4,7,11,15-16H,2,5-6H2,1H3. The highest BCUT2D eigenvalue weighted by Crippen LogP contribution is 2.43. The monoisotopic (exact) mass is 1630 g/mol. The van der Waals surface area contributed by atoms with Gasteiger partial charge in [0.05, 0.1) is 36.8 Å². The van der Waals surface area contributed by atoms with E-state index >= 15 is 0 Å². The van der Waals surface area contributed by atoms with Gasteiger partial charge in [-0.1, -0.05) is 139 Å². The van der Waals surface area contributed by atoms with E-state index in [1.807, 2.05) is 66.7 Å². The molecule has 10 heterocycles. The van der Waals surface area contributed by atoms with Crippen LogP contribution in [0.25, 0.3) is 54.5 Å². The van der Waals surface area contributed by atoms with Crippen molar-refractivity contribution in [1.29, 1.82) is 0 Å². The quantitative estimate of drug-likeness (QED) is 0.0657. The summed E-state index contributed by atoms with van der Waals surface area (Å²) in [7, 11) is 5.84. The molecule has 11 N–H and O–H groups in total. The molecule has 14 nitrogen and oxygen atoms in total. The van der Waals surface area contributed by atoms with E-state index in [0.717, 1.165) is 135 Å². The number of ether oxygens (including phenoxy) is 1. The second kappa shape index (κ2) is 34.2. The van der Waals surface area contributed by atoms with Gasteiger partial charge in [-0.25, -0.2) is 0 Å². The summed E-state index contributed by atoms with van der Waals surface area (Å²) in [5.41, 5.74) is 23.2. The molecule has 0 amide bonds. The zero-order valence-corrected chi connectivity index (χ0v) is 67.9. The molecule has 5 aromatic heterocycles. The van der Waals surface area contributed by atoms with Crippen molar-refractivity contribution in [2.75, 3.05) is 58.8 Å². The number of phenols is 1. The molecule has 588 valence electrons. The maximum atomic E-state index is 13.0. The lowest BCUT2D eigenvalue weighted by molar-refractivity contribution is -0.137. The first-order chi connectivity index (χ1) is 55.3. The molecule has 9 aromatic carbocycles. The number of aromatic amines is 5. The smallest absolute Gasteiger partial charge is 0.416 e. The molecule has 14 aromatic rings. The fourth-order valence-electron chi connectivity index (χ4n) is 17.7. The number of anilines is 1. The Morgan fingerprint density at radius 1 is 0.482 bits per heavy atom. The van der Waals surface area contributed by atoms with Crippen LogP contribution in [0.4, 0.5) is 18.9 Å². The van der Waals surface area contributed by atoms with Gasteiger partial charge < -0.3 is 71.1 Å². The highest BCUT2D eigenvalue weighted by atomic mass is 35.5. The first-order valence-electron chi connectivity index (χ1n) is 39.5. The van der Waals surface area contributed by atoms with Crippen molar-refractivity contribution in [2.45, 2.75) is 120 Å². The highest BCUT2D eigenvalue weighted by Gasteiger charge is 2.36. The van der Waals surface area contributed by atoms with E-state index in [4.69, 9.17) is 63.4 Å². The summed E-state index contributed by atoms with van der Waals surface area (Å²) in [5.74, 6) is 1.17. The van der Waals surface area contributed by atoms with E-state index in [1.54, 1.807) is 31.4 Å². The number of hydrogen-bond acceptors (Lipinski definition) is 8. The van der Waals surface area contributed by atoms with E-state index in [2.05, 4.69) is 167 Å². The Kier molecular flexibility index (Phi) is 23.5. The Morgan fingerprint density at radius 3 is 1.41 bits per heavy atom. The number of nitrogens with zero attached hydrogens (tertiary/aromatic N) is 2. The molecule has 5 unspecified atom stereocenters. The summed E-state index contributed by atoms with van der Waals surface area (Å²) in [6.45, 7) is 6.80. The number of methoxy groups -OCH3 is 1. The second-order valence-corrected chi connectivity index (χ2v) is 32.7. The van der Waals surface area contributed by atoms with Gasteiger partial charge in [-0.05, 0) is 248 Å². The van der Waals surface area contributed by atoms with Crippen LogP contribution in [0.15, 0.2) is 194 Å². The summed E-state index contributed by atoms with van der Waals surface area (Å²) >= 11 is 30.4. The fraction of sp³-hybridized carbons (Fsp3) is 0.293. The molecule has 0 spiro atoms. The van der Waals surface area contributed by atoms with Gasteiger partial charge in [0.2, 0.25) is 0 Å². The van der Waals surface area contributed by atoms with Gasteiger partial charge in [-0.3, -0.25) is 0 Å². The van der Waals surface area contributed by atoms with E-state index in [1.165, 1.54) is 139 Å². The summed E-state index contributed by atoms with van der Waals surface area (Å²) in [5, 5.41) is 37.2. The molecule has 22 heteroatoms. The first kappa shape index (κ1) is 78.4. The largest absolute Gasteiger partial charge is 0.508 e. The number of phenolic OH excluding ortho intramolecular Hbond substituents is 1. The van der Waals surface area contributed by atoms with Crippen LogP contribution >= 0.6 is 58.6 Å². The number of nitrogens with one attached hydrogen (secondary N) is 10. The highest BCUT2D eigenvalue weighted by molar-refractivity contribution is 7.80. The average molecular weight is 1630 g/mol. The third kappa shape index (κ3) is 16.6. The van der Waals surface area contributed by atoms with Crippen LogP contribution < -0.4 is 36.2 Å². The molecule has 6 aliphatic rings. The van der Waals surface area contributed by atoms with Crippen molar-refractivity contribution in [2.24, 2.45) is 0 Å². The third-order valence-electron chi connectivity index (χ3n) is 23.3. The van der Waals surface area contributed by atoms with Crippen LogP contribution in [0.5, 0.6) is 11.5 Å². The molecule has 0 radical (unpaired) electrons. The third-order valence-corrected chi connectivity index (χ3v) is 24.6.